The lowest BCUT2D eigenvalue weighted by molar-refractivity contribution is -0.118. The maximum Gasteiger partial charge on any atom is 0.231 e. The molecule has 0 atom stereocenters. The number of para-hydroxylation sites is 1. The summed E-state index contributed by atoms with van der Waals surface area (Å²) >= 11 is 1.27. The predicted molar refractivity (Wildman–Crippen MR) is 82.4 cm³/mol. The molecule has 0 saturated carbocycles. The van der Waals surface area contributed by atoms with Gasteiger partial charge >= 0.3 is 0 Å². The molecule has 0 saturated heterocycles. The third-order valence-electron chi connectivity index (χ3n) is 2.62. The molecule has 0 aliphatic rings. The van der Waals surface area contributed by atoms with Gasteiger partial charge in [-0.2, -0.15) is 0 Å². The fourth-order valence-electron chi connectivity index (χ4n) is 1.55. The second kappa shape index (κ2) is 8.05. The second-order valence-electron chi connectivity index (χ2n) is 4.15. The van der Waals surface area contributed by atoms with Crippen molar-refractivity contribution in [3.63, 3.8) is 0 Å². The molecule has 1 heterocycles. The summed E-state index contributed by atoms with van der Waals surface area (Å²) in [6, 6.07) is 7.47. The number of amides is 1. The lowest BCUT2D eigenvalue weighted by Gasteiger charge is -2.01. The van der Waals surface area contributed by atoms with Crippen LogP contribution in [-0.2, 0) is 11.8 Å². The van der Waals surface area contributed by atoms with Gasteiger partial charge in [0.2, 0.25) is 11.1 Å². The van der Waals surface area contributed by atoms with Crippen molar-refractivity contribution < 1.29 is 9.53 Å². The van der Waals surface area contributed by atoms with Gasteiger partial charge in [0.05, 0.1) is 25.0 Å². The summed E-state index contributed by atoms with van der Waals surface area (Å²) in [7, 11) is 3.32. The summed E-state index contributed by atoms with van der Waals surface area (Å²) in [5, 5.41) is 14.3. The highest BCUT2D eigenvalue weighted by Gasteiger charge is 2.06. The van der Waals surface area contributed by atoms with Crippen LogP contribution in [-0.4, -0.2) is 45.5 Å². The number of methoxy groups -OCH3 is 1. The van der Waals surface area contributed by atoms with Gasteiger partial charge in [-0.25, -0.2) is 4.68 Å². The normalized spacial score (nSPS) is 9.73. The minimum Gasteiger partial charge on any atom is -0.495 e. The molecule has 1 N–H and O–H groups in total. The van der Waals surface area contributed by atoms with Crippen molar-refractivity contribution in [3.8, 4) is 17.6 Å². The monoisotopic (exact) mass is 317 g/mol. The van der Waals surface area contributed by atoms with Crippen molar-refractivity contribution in [1.82, 2.24) is 25.5 Å². The van der Waals surface area contributed by atoms with Crippen LogP contribution in [0.15, 0.2) is 29.4 Å². The molecule has 0 fully saturated rings. The summed E-state index contributed by atoms with van der Waals surface area (Å²) in [6.07, 6.45) is 0. The number of thioether (sulfide) groups is 1. The zero-order chi connectivity index (χ0) is 15.8. The predicted octanol–water partition coefficient (Wildman–Crippen LogP) is 0.479. The summed E-state index contributed by atoms with van der Waals surface area (Å²) in [5.41, 5.74) is 0.791. The van der Waals surface area contributed by atoms with Gasteiger partial charge in [-0.1, -0.05) is 35.7 Å². The molecule has 0 aliphatic carbocycles. The fourth-order valence-corrected chi connectivity index (χ4v) is 2.23. The Kier molecular flexibility index (Phi) is 5.80. The first-order valence-corrected chi connectivity index (χ1v) is 7.43. The number of aryl methyl sites for hydroxylation is 1. The van der Waals surface area contributed by atoms with Gasteiger partial charge in [-0.3, -0.25) is 4.79 Å². The van der Waals surface area contributed by atoms with Gasteiger partial charge in [0.25, 0.3) is 0 Å². The number of nitrogens with one attached hydrogen (secondary N) is 1. The van der Waals surface area contributed by atoms with Crippen molar-refractivity contribution in [2.24, 2.45) is 7.05 Å². The van der Waals surface area contributed by atoms with Gasteiger partial charge in [-0.05, 0) is 22.6 Å². The maximum atomic E-state index is 11.7. The molecule has 1 amide bonds. The number of aromatic nitrogens is 4. The molecule has 1 aromatic heterocycles. The number of hydrogen-bond donors (Lipinski definition) is 1. The van der Waals surface area contributed by atoms with Gasteiger partial charge in [0, 0.05) is 7.05 Å². The molecule has 7 nitrogen and oxygen atoms in total. The Bertz CT molecular complexity index is 704. The number of tetrazole rings is 1. The van der Waals surface area contributed by atoms with Gasteiger partial charge in [0.1, 0.15) is 5.75 Å². The van der Waals surface area contributed by atoms with E-state index in [4.69, 9.17) is 4.74 Å². The van der Waals surface area contributed by atoms with E-state index in [0.717, 1.165) is 5.56 Å². The molecular weight excluding hydrogens is 302 g/mol. The topological polar surface area (TPSA) is 81.9 Å². The molecule has 2 rings (SSSR count). The van der Waals surface area contributed by atoms with Crippen LogP contribution in [0.3, 0.4) is 0 Å². The molecule has 114 valence electrons. The Morgan fingerprint density at radius 2 is 2.27 bits per heavy atom. The van der Waals surface area contributed by atoms with Crippen LogP contribution in [0.2, 0.25) is 0 Å². The van der Waals surface area contributed by atoms with Crippen LogP contribution < -0.4 is 10.1 Å². The SMILES string of the molecule is COc1ccccc1C#CCNC(=O)CSc1nnnn1C. The Hall–Kier alpha value is -2.53. The average molecular weight is 317 g/mol. The Morgan fingerprint density at radius 1 is 1.45 bits per heavy atom. The largest absolute Gasteiger partial charge is 0.495 e. The Morgan fingerprint density at radius 3 is 3.00 bits per heavy atom. The molecule has 0 bridgehead atoms. The molecule has 0 unspecified atom stereocenters. The van der Waals surface area contributed by atoms with E-state index in [2.05, 4.69) is 32.7 Å². The minimum absolute atomic E-state index is 0.123. The van der Waals surface area contributed by atoms with Crippen LogP contribution >= 0.6 is 11.8 Å². The molecule has 22 heavy (non-hydrogen) atoms. The van der Waals surface area contributed by atoms with E-state index >= 15 is 0 Å². The number of carbonyl (C=O) groups is 1. The summed E-state index contributed by atoms with van der Waals surface area (Å²) in [6.45, 7) is 0.272. The van der Waals surface area contributed by atoms with E-state index in [1.807, 2.05) is 24.3 Å². The van der Waals surface area contributed by atoms with E-state index in [1.54, 1.807) is 14.2 Å². The number of benzene rings is 1. The first-order chi connectivity index (χ1) is 10.7. The molecule has 2 aromatic rings. The Labute approximate surface area is 132 Å². The first-order valence-electron chi connectivity index (χ1n) is 6.44. The standard InChI is InChI=1S/C14H15N5O2S/c1-19-14(16-17-18-19)22-10-13(20)15-9-5-7-11-6-3-4-8-12(11)21-2/h3-4,6,8H,9-10H2,1-2H3,(H,15,20). The van der Waals surface area contributed by atoms with Crippen molar-refractivity contribution in [2.45, 2.75) is 5.16 Å². The van der Waals surface area contributed by atoms with Crippen LogP contribution in [0, 0.1) is 11.8 Å². The van der Waals surface area contributed by atoms with E-state index < -0.39 is 0 Å². The van der Waals surface area contributed by atoms with Crippen LogP contribution in [0.4, 0.5) is 0 Å². The molecule has 0 aliphatic heterocycles. The lowest BCUT2D eigenvalue weighted by Crippen LogP contribution is -2.25. The van der Waals surface area contributed by atoms with Crippen LogP contribution in [0.1, 0.15) is 5.56 Å². The van der Waals surface area contributed by atoms with E-state index in [0.29, 0.717) is 10.9 Å². The Balaban J connectivity index is 1.78. The fraction of sp³-hybridized carbons (Fsp3) is 0.286. The molecule has 8 heteroatoms. The summed E-state index contributed by atoms with van der Waals surface area (Å²) in [4.78, 5) is 11.7. The molecule has 0 radical (unpaired) electrons. The van der Waals surface area contributed by atoms with Crippen molar-refractivity contribution in [1.29, 1.82) is 0 Å². The smallest absolute Gasteiger partial charge is 0.231 e. The highest BCUT2D eigenvalue weighted by Crippen LogP contribution is 2.15. The number of hydrogen-bond acceptors (Lipinski definition) is 6. The van der Waals surface area contributed by atoms with Gasteiger partial charge in [0.15, 0.2) is 0 Å². The molecule has 0 spiro atoms. The zero-order valence-corrected chi connectivity index (χ0v) is 13.1. The lowest BCUT2D eigenvalue weighted by atomic mass is 10.2. The highest BCUT2D eigenvalue weighted by atomic mass is 32.2. The van der Waals surface area contributed by atoms with Gasteiger partial charge in [-0.15, -0.1) is 5.10 Å². The summed E-state index contributed by atoms with van der Waals surface area (Å²) < 4.78 is 6.71. The highest BCUT2D eigenvalue weighted by molar-refractivity contribution is 7.99. The third kappa shape index (κ3) is 4.49. The maximum absolute atomic E-state index is 11.7. The number of ether oxygens (including phenoxy) is 1. The minimum atomic E-state index is -0.123. The van der Waals surface area contributed by atoms with E-state index in [-0.39, 0.29) is 18.2 Å². The molecule has 1 aromatic carbocycles. The van der Waals surface area contributed by atoms with Crippen LogP contribution in [0.5, 0.6) is 5.75 Å². The van der Waals surface area contributed by atoms with E-state index in [1.165, 1.54) is 16.4 Å². The number of nitrogens with zero attached hydrogens (tertiary/aromatic N) is 4. The zero-order valence-electron chi connectivity index (χ0n) is 12.2. The van der Waals surface area contributed by atoms with Crippen molar-refractivity contribution >= 4 is 17.7 Å². The van der Waals surface area contributed by atoms with E-state index in [9.17, 15) is 4.79 Å². The van der Waals surface area contributed by atoms with Crippen molar-refractivity contribution in [2.75, 3.05) is 19.4 Å². The van der Waals surface area contributed by atoms with Crippen molar-refractivity contribution in [3.05, 3.63) is 29.8 Å². The molecular formula is C14H15N5O2S. The van der Waals surface area contributed by atoms with Gasteiger partial charge < -0.3 is 10.1 Å². The second-order valence-corrected chi connectivity index (χ2v) is 5.10. The number of rotatable bonds is 5. The quantitative estimate of drug-likeness (QED) is 0.638. The van der Waals surface area contributed by atoms with Crippen LogP contribution in [0.25, 0.3) is 0 Å². The average Bonchev–Trinajstić information content (AvgIpc) is 2.95. The number of carbonyl (C=O) groups excluding carboxylic acids is 1. The first kappa shape index (κ1) is 15.9. The third-order valence-corrected chi connectivity index (χ3v) is 3.63. The summed E-state index contributed by atoms with van der Waals surface area (Å²) in [5.74, 6) is 6.69.